The first-order chi connectivity index (χ1) is 10.0. The quantitative estimate of drug-likeness (QED) is 0.596. The second kappa shape index (κ2) is 5.70. The highest BCUT2D eigenvalue weighted by atomic mass is 16.5. The van der Waals surface area contributed by atoms with Crippen LogP contribution in [0.15, 0.2) is 18.2 Å². The van der Waals surface area contributed by atoms with Crippen molar-refractivity contribution in [2.75, 3.05) is 19.1 Å². The van der Waals surface area contributed by atoms with Crippen molar-refractivity contribution < 1.29 is 29.0 Å². The number of methoxy groups -OCH3 is 2. The maximum absolute atomic E-state index is 12.0. The molecule has 0 aliphatic carbocycles. The van der Waals surface area contributed by atoms with E-state index in [1.165, 1.54) is 19.1 Å². The van der Waals surface area contributed by atoms with Crippen molar-refractivity contribution in [3.63, 3.8) is 0 Å². The van der Waals surface area contributed by atoms with Gasteiger partial charge in [-0.1, -0.05) is 0 Å². The molecule has 8 heteroatoms. The molecule has 2 rings (SSSR count). The molecule has 8 nitrogen and oxygen atoms in total. The van der Waals surface area contributed by atoms with Gasteiger partial charge in [-0.2, -0.15) is 0 Å². The van der Waals surface area contributed by atoms with Gasteiger partial charge in [0.2, 0.25) is 0 Å². The van der Waals surface area contributed by atoms with Crippen LogP contribution in [-0.2, 0) is 9.59 Å². The van der Waals surface area contributed by atoms with Crippen LogP contribution in [-0.4, -0.2) is 49.7 Å². The Labute approximate surface area is 120 Å². The van der Waals surface area contributed by atoms with Crippen LogP contribution in [0.25, 0.3) is 0 Å². The Morgan fingerprint density at radius 1 is 1.38 bits per heavy atom. The Hall–Kier alpha value is -2.77. The van der Waals surface area contributed by atoms with Gasteiger partial charge in [0.15, 0.2) is 0 Å². The van der Waals surface area contributed by atoms with E-state index in [9.17, 15) is 14.4 Å². The van der Waals surface area contributed by atoms with E-state index in [-0.39, 0.29) is 0 Å². The maximum Gasteiger partial charge on any atom is 0.405 e. The number of carboxylic acid groups (broad SMARTS) is 1. The maximum atomic E-state index is 12.0. The molecule has 1 aromatic carbocycles. The SMILES string of the molecule is COc1ccc(N2C(=O)C(NC(=O)O)C2C=O)c(OC)c1. The molecule has 1 saturated heterocycles. The van der Waals surface area contributed by atoms with E-state index in [0.717, 1.165) is 0 Å². The molecule has 0 radical (unpaired) electrons. The van der Waals surface area contributed by atoms with Crippen LogP contribution >= 0.6 is 0 Å². The van der Waals surface area contributed by atoms with E-state index in [0.29, 0.717) is 23.5 Å². The number of hydrogen-bond donors (Lipinski definition) is 2. The summed E-state index contributed by atoms with van der Waals surface area (Å²) in [6.07, 6.45) is -0.840. The summed E-state index contributed by atoms with van der Waals surface area (Å²) in [5.74, 6) is 0.368. The third-order valence-corrected chi connectivity index (χ3v) is 3.21. The Morgan fingerprint density at radius 2 is 2.10 bits per heavy atom. The molecule has 2 amide bonds. The predicted molar refractivity (Wildman–Crippen MR) is 71.8 cm³/mol. The normalized spacial score (nSPS) is 20.5. The van der Waals surface area contributed by atoms with E-state index in [4.69, 9.17) is 14.6 Å². The molecular weight excluding hydrogens is 280 g/mol. The van der Waals surface area contributed by atoms with E-state index >= 15 is 0 Å². The first-order valence-corrected chi connectivity index (χ1v) is 6.03. The minimum atomic E-state index is -1.36. The van der Waals surface area contributed by atoms with Gasteiger partial charge in [-0.15, -0.1) is 0 Å². The number of aldehydes is 1. The molecule has 2 unspecified atom stereocenters. The number of carbonyl (C=O) groups excluding carboxylic acids is 2. The fraction of sp³-hybridized carbons (Fsp3) is 0.308. The van der Waals surface area contributed by atoms with Gasteiger partial charge in [-0.3, -0.25) is 9.69 Å². The standard InChI is InChI=1S/C13H14N2O6/c1-20-7-3-4-8(10(5-7)21-2)15-9(6-16)11(12(15)17)14-13(18)19/h3-6,9,11,14H,1-2H3,(H,18,19). The molecule has 0 bridgehead atoms. The van der Waals surface area contributed by atoms with Crippen molar-refractivity contribution in [2.45, 2.75) is 12.1 Å². The summed E-state index contributed by atoms with van der Waals surface area (Å²) < 4.78 is 10.2. The Kier molecular flexibility index (Phi) is 3.97. The molecule has 1 fully saturated rings. The highest BCUT2D eigenvalue weighted by molar-refractivity contribution is 6.12. The number of amides is 2. The van der Waals surface area contributed by atoms with Crippen molar-refractivity contribution in [3.05, 3.63) is 18.2 Å². The molecule has 1 aliphatic rings. The fourth-order valence-corrected chi connectivity index (χ4v) is 2.19. The molecule has 0 aromatic heterocycles. The molecule has 2 N–H and O–H groups in total. The fourth-order valence-electron chi connectivity index (χ4n) is 2.19. The van der Waals surface area contributed by atoms with Crippen molar-refractivity contribution >= 4 is 24.0 Å². The molecule has 0 saturated carbocycles. The number of carbonyl (C=O) groups is 3. The zero-order chi connectivity index (χ0) is 15.6. The molecule has 0 spiro atoms. The van der Waals surface area contributed by atoms with Gasteiger partial charge in [0.1, 0.15) is 29.9 Å². The zero-order valence-corrected chi connectivity index (χ0v) is 11.4. The smallest absolute Gasteiger partial charge is 0.405 e. The van der Waals surface area contributed by atoms with Crippen molar-refractivity contribution in [1.82, 2.24) is 5.32 Å². The van der Waals surface area contributed by atoms with Crippen molar-refractivity contribution in [1.29, 1.82) is 0 Å². The lowest BCUT2D eigenvalue weighted by Crippen LogP contribution is -2.71. The Balaban J connectivity index is 2.32. The third kappa shape index (κ3) is 2.47. The van der Waals surface area contributed by atoms with Gasteiger partial charge in [-0.25, -0.2) is 4.79 Å². The average Bonchev–Trinajstić information content (AvgIpc) is 2.49. The van der Waals surface area contributed by atoms with Crippen LogP contribution in [0.5, 0.6) is 11.5 Å². The molecular formula is C13H14N2O6. The van der Waals surface area contributed by atoms with Crippen LogP contribution in [0.2, 0.25) is 0 Å². The third-order valence-electron chi connectivity index (χ3n) is 3.21. The van der Waals surface area contributed by atoms with E-state index < -0.39 is 24.1 Å². The monoisotopic (exact) mass is 294 g/mol. The summed E-state index contributed by atoms with van der Waals surface area (Å²) in [5, 5.41) is 10.7. The van der Waals surface area contributed by atoms with Crippen molar-refractivity contribution in [2.24, 2.45) is 0 Å². The van der Waals surface area contributed by atoms with Crippen molar-refractivity contribution in [3.8, 4) is 11.5 Å². The molecule has 2 atom stereocenters. The van der Waals surface area contributed by atoms with E-state index in [2.05, 4.69) is 0 Å². The van der Waals surface area contributed by atoms with Gasteiger partial charge >= 0.3 is 6.09 Å². The number of ether oxygens (including phenoxy) is 2. The highest BCUT2D eigenvalue weighted by Crippen LogP contribution is 2.37. The first kappa shape index (κ1) is 14.6. The average molecular weight is 294 g/mol. The number of nitrogens with one attached hydrogen (secondary N) is 1. The molecule has 112 valence electrons. The van der Waals surface area contributed by atoms with Gasteiger partial charge in [0.25, 0.3) is 5.91 Å². The number of benzene rings is 1. The summed E-state index contributed by atoms with van der Waals surface area (Å²) in [7, 11) is 2.91. The minimum Gasteiger partial charge on any atom is -0.497 e. The lowest BCUT2D eigenvalue weighted by Gasteiger charge is -2.43. The summed E-state index contributed by atoms with van der Waals surface area (Å²) in [5.41, 5.74) is 0.379. The minimum absolute atomic E-state index is 0.350. The van der Waals surface area contributed by atoms with Gasteiger partial charge in [0.05, 0.1) is 19.9 Å². The summed E-state index contributed by atoms with van der Waals surface area (Å²) in [6.45, 7) is 0. The molecule has 21 heavy (non-hydrogen) atoms. The number of rotatable bonds is 5. The van der Waals surface area contributed by atoms with Crippen LogP contribution in [0, 0.1) is 0 Å². The highest BCUT2D eigenvalue weighted by Gasteiger charge is 2.50. The Morgan fingerprint density at radius 3 is 2.62 bits per heavy atom. The van der Waals surface area contributed by atoms with Gasteiger partial charge in [-0.05, 0) is 12.1 Å². The predicted octanol–water partition coefficient (Wildman–Crippen LogP) is 0.254. The topological polar surface area (TPSA) is 105 Å². The largest absolute Gasteiger partial charge is 0.497 e. The van der Waals surface area contributed by atoms with Crippen LogP contribution in [0.1, 0.15) is 0 Å². The lowest BCUT2D eigenvalue weighted by molar-refractivity contribution is -0.130. The van der Waals surface area contributed by atoms with E-state index in [1.54, 1.807) is 18.2 Å². The first-order valence-electron chi connectivity index (χ1n) is 6.03. The summed E-state index contributed by atoms with van der Waals surface area (Å²) >= 11 is 0. The molecule has 1 aliphatic heterocycles. The van der Waals surface area contributed by atoms with Crippen LogP contribution in [0.3, 0.4) is 0 Å². The number of nitrogens with zero attached hydrogens (tertiary/aromatic N) is 1. The molecule has 1 aromatic rings. The van der Waals surface area contributed by atoms with Crippen LogP contribution in [0.4, 0.5) is 10.5 Å². The second-order valence-electron chi connectivity index (χ2n) is 4.30. The van der Waals surface area contributed by atoms with Gasteiger partial charge < -0.3 is 24.7 Å². The number of anilines is 1. The van der Waals surface area contributed by atoms with Gasteiger partial charge in [0, 0.05) is 6.07 Å². The number of β-lactam (4-membered cyclic amide) rings is 1. The zero-order valence-electron chi connectivity index (χ0n) is 11.4. The number of hydrogen-bond acceptors (Lipinski definition) is 5. The van der Waals surface area contributed by atoms with E-state index in [1.807, 2.05) is 5.32 Å². The second-order valence-corrected chi connectivity index (χ2v) is 4.30. The van der Waals surface area contributed by atoms with Crippen LogP contribution < -0.4 is 19.7 Å². The summed E-state index contributed by atoms with van der Waals surface area (Å²) in [4.78, 5) is 35.0. The lowest BCUT2D eigenvalue weighted by atomic mass is 9.95. The summed E-state index contributed by atoms with van der Waals surface area (Å²) in [6, 6.07) is 2.78. The molecule has 1 heterocycles. The Bertz CT molecular complexity index is 588.